The molecule has 0 aromatic heterocycles. The van der Waals surface area contributed by atoms with Gasteiger partial charge in [-0.25, -0.2) is 11.6 Å². The van der Waals surface area contributed by atoms with Crippen molar-refractivity contribution in [2.45, 2.75) is 25.7 Å². The van der Waals surface area contributed by atoms with Gasteiger partial charge in [0.25, 0.3) is 0 Å². The number of fused-ring (bicyclic) bond motifs is 1. The predicted octanol–water partition coefficient (Wildman–Crippen LogP) is -3.06. The van der Waals surface area contributed by atoms with Crippen LogP contribution in [-0.4, -0.2) is 0 Å². The Bertz CT molecular complexity index is 688. The number of hydrogen-bond acceptors (Lipinski definition) is 0. The third-order valence-electron chi connectivity index (χ3n) is 5.35. The molecule has 2 aliphatic carbocycles. The summed E-state index contributed by atoms with van der Waals surface area (Å²) in [6.45, 7) is 2.41. The summed E-state index contributed by atoms with van der Waals surface area (Å²) in [4.78, 5) is 0. The zero-order valence-corrected chi connectivity index (χ0v) is 19.1. The van der Waals surface area contributed by atoms with E-state index in [9.17, 15) is 0 Å². The molecule has 4 heteroatoms. The minimum Gasteiger partial charge on any atom is -1.00 e. The van der Waals surface area contributed by atoms with E-state index in [-0.39, 0.29) is 58.9 Å². The van der Waals surface area contributed by atoms with Crippen LogP contribution in [0.15, 0.2) is 84.5 Å². The topological polar surface area (TPSA) is 0 Å². The van der Waals surface area contributed by atoms with E-state index < -0.39 is 0 Å². The quantitative estimate of drug-likeness (QED) is 0.342. The smallest absolute Gasteiger partial charge is 1.00 e. The van der Waals surface area contributed by atoms with E-state index in [0.717, 1.165) is 5.92 Å². The average Bonchev–Trinajstić information content (AvgIpc) is 2.94. The van der Waals surface area contributed by atoms with Crippen LogP contribution < -0.4 is 37.2 Å². The Kier molecular flexibility index (Phi) is 11.8. The first-order valence-corrected chi connectivity index (χ1v) is 8.68. The molecule has 140 valence electrons. The summed E-state index contributed by atoms with van der Waals surface area (Å²) in [5.74, 6) is 3.39. The van der Waals surface area contributed by atoms with Crippen molar-refractivity contribution in [3.05, 3.63) is 102 Å². The molecule has 2 aromatic rings. The van der Waals surface area contributed by atoms with E-state index in [2.05, 4.69) is 85.8 Å². The van der Waals surface area contributed by atoms with Crippen molar-refractivity contribution in [1.82, 2.24) is 0 Å². The molecule has 0 nitrogen and oxygen atoms in total. The second kappa shape index (κ2) is 12.0. The second-order valence-electron chi connectivity index (χ2n) is 6.83. The number of benzene rings is 2. The molecule has 1 fully saturated rings. The van der Waals surface area contributed by atoms with E-state index in [4.69, 9.17) is 0 Å². The SMILES string of the molecule is CC1CC2CC=CC=C2[C-]1C(c1ccccc1)c1ccccc1.[Cl-].[Cl-].[Cl-].[Ti+4]. The molecule has 2 atom stereocenters. The number of allylic oxidation sites excluding steroid dienone is 4. The molecule has 0 spiro atoms. The van der Waals surface area contributed by atoms with E-state index in [1.807, 2.05) is 0 Å². The van der Waals surface area contributed by atoms with Gasteiger partial charge in [-0.05, 0) is 18.3 Å². The summed E-state index contributed by atoms with van der Waals surface area (Å²) in [7, 11) is 0. The Labute approximate surface area is 197 Å². The normalized spacial score (nSPS) is 19.6. The van der Waals surface area contributed by atoms with Crippen molar-refractivity contribution in [2.75, 3.05) is 0 Å². The first-order valence-electron chi connectivity index (χ1n) is 8.68. The van der Waals surface area contributed by atoms with Crippen LogP contribution in [0.1, 0.15) is 36.8 Å². The summed E-state index contributed by atoms with van der Waals surface area (Å²) in [6, 6.07) is 22.0. The molecule has 0 bridgehead atoms. The molecule has 27 heavy (non-hydrogen) atoms. The largest absolute Gasteiger partial charge is 4.00 e. The maximum atomic E-state index is 2.41. The predicted molar refractivity (Wildman–Crippen MR) is 97.1 cm³/mol. The fraction of sp³-hybridized carbons (Fsp3) is 0.261. The molecule has 0 radical (unpaired) electrons. The minimum atomic E-state index is 0. The van der Waals surface area contributed by atoms with Crippen LogP contribution in [0.5, 0.6) is 0 Å². The molecular weight excluding hydrogens is 430 g/mol. The van der Waals surface area contributed by atoms with Gasteiger partial charge in [-0.1, -0.05) is 91.1 Å². The fourth-order valence-electron chi connectivity index (χ4n) is 4.36. The maximum absolute atomic E-state index is 2.41. The van der Waals surface area contributed by atoms with Gasteiger partial charge >= 0.3 is 21.7 Å². The Hall–Kier alpha value is -0.626. The van der Waals surface area contributed by atoms with Crippen molar-refractivity contribution in [1.29, 1.82) is 0 Å². The Morgan fingerprint density at radius 3 is 1.89 bits per heavy atom. The summed E-state index contributed by atoms with van der Waals surface area (Å²) in [5, 5.41) is 0. The first kappa shape index (κ1) is 26.4. The fourth-order valence-corrected chi connectivity index (χ4v) is 4.36. The van der Waals surface area contributed by atoms with Crippen LogP contribution in [0.25, 0.3) is 0 Å². The third-order valence-corrected chi connectivity index (χ3v) is 5.35. The van der Waals surface area contributed by atoms with Gasteiger partial charge in [-0.2, -0.15) is 5.92 Å². The van der Waals surface area contributed by atoms with E-state index in [0.29, 0.717) is 11.8 Å². The maximum Gasteiger partial charge on any atom is 4.00 e. The van der Waals surface area contributed by atoms with Crippen molar-refractivity contribution in [3.8, 4) is 0 Å². The summed E-state index contributed by atoms with van der Waals surface area (Å²) >= 11 is 0. The van der Waals surface area contributed by atoms with Gasteiger partial charge in [0.2, 0.25) is 0 Å². The molecule has 1 saturated carbocycles. The summed E-state index contributed by atoms with van der Waals surface area (Å²) < 4.78 is 0. The molecule has 0 N–H and O–H groups in total. The molecule has 2 aliphatic rings. The molecule has 2 unspecified atom stereocenters. The number of halogens is 3. The Morgan fingerprint density at radius 2 is 1.37 bits per heavy atom. The summed E-state index contributed by atoms with van der Waals surface area (Å²) in [5.41, 5.74) is 4.42. The first-order chi connectivity index (χ1) is 11.3. The van der Waals surface area contributed by atoms with Crippen LogP contribution in [0.4, 0.5) is 0 Å². The molecular formula is C23H23Cl3Ti. The van der Waals surface area contributed by atoms with Crippen LogP contribution in [-0.2, 0) is 21.7 Å². The Morgan fingerprint density at radius 1 is 0.852 bits per heavy atom. The van der Waals surface area contributed by atoms with Crippen molar-refractivity contribution < 1.29 is 58.9 Å². The standard InChI is InChI=1S/C23H23.3ClH.Ti/c1-17-16-20-14-8-9-15-21(20)22(17)23(18-10-4-2-5-11-18)19-12-6-3-7-13-19;;;;/h2-13,15,17,20,23H,14,16H2,1H3;3*1H;/q-1;;;;+4/p-3. The van der Waals surface area contributed by atoms with Gasteiger partial charge in [-0.15, -0.1) is 12.2 Å². The molecule has 0 heterocycles. The number of hydrogen-bond donors (Lipinski definition) is 0. The van der Waals surface area contributed by atoms with Gasteiger partial charge in [0, 0.05) is 0 Å². The second-order valence-corrected chi connectivity index (χ2v) is 6.83. The van der Waals surface area contributed by atoms with Crippen LogP contribution in [0, 0.1) is 17.8 Å². The van der Waals surface area contributed by atoms with Crippen molar-refractivity contribution in [3.63, 3.8) is 0 Å². The monoisotopic (exact) mass is 452 g/mol. The van der Waals surface area contributed by atoms with Crippen LogP contribution in [0.2, 0.25) is 0 Å². The third kappa shape index (κ3) is 5.46. The van der Waals surface area contributed by atoms with Crippen LogP contribution >= 0.6 is 0 Å². The van der Waals surface area contributed by atoms with Crippen molar-refractivity contribution in [2.24, 2.45) is 11.8 Å². The van der Waals surface area contributed by atoms with Gasteiger partial charge < -0.3 is 37.2 Å². The van der Waals surface area contributed by atoms with Crippen molar-refractivity contribution >= 4 is 0 Å². The molecule has 0 saturated heterocycles. The Balaban J connectivity index is 0.00000169. The molecule has 4 rings (SSSR count). The molecule has 2 aromatic carbocycles. The van der Waals surface area contributed by atoms with Gasteiger partial charge in [0.05, 0.1) is 0 Å². The zero-order chi connectivity index (χ0) is 15.6. The minimum absolute atomic E-state index is 0. The van der Waals surface area contributed by atoms with Gasteiger partial charge in [-0.3, -0.25) is 0 Å². The molecule has 0 aliphatic heterocycles. The molecule has 0 amide bonds. The van der Waals surface area contributed by atoms with Crippen LogP contribution in [0.3, 0.4) is 0 Å². The average molecular weight is 454 g/mol. The number of rotatable bonds is 3. The van der Waals surface area contributed by atoms with E-state index in [1.165, 1.54) is 24.0 Å². The summed E-state index contributed by atoms with van der Waals surface area (Å²) in [6.07, 6.45) is 9.43. The van der Waals surface area contributed by atoms with Gasteiger partial charge in [0.1, 0.15) is 0 Å². The van der Waals surface area contributed by atoms with E-state index in [1.54, 1.807) is 11.5 Å². The zero-order valence-electron chi connectivity index (χ0n) is 15.3. The van der Waals surface area contributed by atoms with Gasteiger partial charge in [0.15, 0.2) is 0 Å². The van der Waals surface area contributed by atoms with E-state index >= 15 is 0 Å².